The van der Waals surface area contributed by atoms with E-state index in [2.05, 4.69) is 9.51 Å². The highest BCUT2D eigenvalue weighted by Gasteiger charge is 2.59. The molecule has 0 bridgehead atoms. The Morgan fingerprint density at radius 1 is 1.58 bits per heavy atom. The number of nitrogen functional groups attached to an aromatic ring is 1. The Bertz CT molecular complexity index is 771. The van der Waals surface area contributed by atoms with Gasteiger partial charge >= 0.3 is 13.5 Å². The largest absolute Gasteiger partial charge is 0.472 e. The number of terminal acetylenes is 1. The van der Waals surface area contributed by atoms with E-state index in [1.165, 1.54) is 6.07 Å². The van der Waals surface area contributed by atoms with Gasteiger partial charge in [0.25, 0.3) is 0 Å². The molecule has 0 spiro atoms. The van der Waals surface area contributed by atoms with Crippen molar-refractivity contribution in [3.8, 4) is 12.3 Å². The van der Waals surface area contributed by atoms with Crippen molar-refractivity contribution < 1.29 is 38.9 Å². The van der Waals surface area contributed by atoms with E-state index in [1.54, 1.807) is 5.92 Å². The number of phosphoric acid groups is 1. The lowest BCUT2D eigenvalue weighted by Gasteiger charge is -2.28. The molecule has 7 N–H and O–H groups in total. The predicted molar refractivity (Wildman–Crippen MR) is 75.7 cm³/mol. The first-order valence-corrected chi connectivity index (χ1v) is 7.83. The molecule has 12 nitrogen and oxygen atoms in total. The number of aromatic nitrogens is 2. The summed E-state index contributed by atoms with van der Waals surface area (Å²) in [5.74, 6) is 1.65. The topological polar surface area (TPSA) is 198 Å². The maximum Gasteiger partial charge on any atom is 0.472 e. The standard InChI is InChI=1S/C11H14N3O9P/c1-2-11(18)6(15)8(14-4-3-5(12)13-10(14)17)22-7(11)9(16)23-24(19,20)21/h1,3-4,6-9,15-16,18H,(H2,12,13,17)(H2,19,20,21)/t6-,7+,8+,9?,11-/m0/s1. The molecule has 2 rings (SSSR count). The summed E-state index contributed by atoms with van der Waals surface area (Å²) < 4.78 is 20.7. The summed E-state index contributed by atoms with van der Waals surface area (Å²) in [6.45, 7) is 0. The van der Waals surface area contributed by atoms with Crippen LogP contribution in [0.5, 0.6) is 0 Å². The van der Waals surface area contributed by atoms with Gasteiger partial charge < -0.3 is 35.6 Å². The van der Waals surface area contributed by atoms with Crippen molar-refractivity contribution in [2.75, 3.05) is 5.73 Å². The molecular weight excluding hydrogens is 349 g/mol. The average molecular weight is 363 g/mol. The Morgan fingerprint density at radius 2 is 2.21 bits per heavy atom. The fourth-order valence-corrected chi connectivity index (χ4v) is 2.59. The zero-order valence-electron chi connectivity index (χ0n) is 11.8. The van der Waals surface area contributed by atoms with E-state index in [-0.39, 0.29) is 5.82 Å². The third kappa shape index (κ3) is 3.34. The molecule has 1 aromatic rings. The van der Waals surface area contributed by atoms with Crippen LogP contribution in [0.4, 0.5) is 5.82 Å². The summed E-state index contributed by atoms with van der Waals surface area (Å²) in [4.78, 5) is 32.6. The molecular formula is C11H14N3O9P. The number of phosphoric ester groups is 1. The van der Waals surface area contributed by atoms with Gasteiger partial charge in [-0.25, -0.2) is 9.36 Å². The van der Waals surface area contributed by atoms with E-state index in [0.717, 1.165) is 10.8 Å². The van der Waals surface area contributed by atoms with E-state index >= 15 is 0 Å². The molecule has 0 aromatic carbocycles. The Labute approximate surface area is 134 Å². The monoisotopic (exact) mass is 363 g/mol. The van der Waals surface area contributed by atoms with Crippen molar-refractivity contribution in [3.63, 3.8) is 0 Å². The Kier molecular flexibility index (Phi) is 4.82. The zero-order chi connectivity index (χ0) is 18.3. The van der Waals surface area contributed by atoms with Crippen LogP contribution >= 0.6 is 7.82 Å². The summed E-state index contributed by atoms with van der Waals surface area (Å²) in [5, 5.41) is 30.2. The Morgan fingerprint density at radius 3 is 2.71 bits per heavy atom. The number of nitrogens with zero attached hydrogens (tertiary/aromatic N) is 2. The van der Waals surface area contributed by atoms with Crippen LogP contribution in [-0.4, -0.2) is 58.8 Å². The molecule has 13 heteroatoms. The van der Waals surface area contributed by atoms with Crippen LogP contribution in [0, 0.1) is 12.3 Å². The molecule has 1 unspecified atom stereocenters. The summed E-state index contributed by atoms with van der Waals surface area (Å²) in [6.07, 6.45) is -1.72. The molecule has 0 saturated carbocycles. The highest BCUT2D eigenvalue weighted by atomic mass is 31.2. The minimum absolute atomic E-state index is 0.114. The molecule has 1 fully saturated rings. The van der Waals surface area contributed by atoms with Crippen LogP contribution < -0.4 is 11.4 Å². The maximum absolute atomic E-state index is 11.8. The van der Waals surface area contributed by atoms with Crippen LogP contribution in [0.3, 0.4) is 0 Å². The van der Waals surface area contributed by atoms with Crippen molar-refractivity contribution in [2.45, 2.75) is 30.3 Å². The van der Waals surface area contributed by atoms with Gasteiger partial charge in [-0.2, -0.15) is 4.98 Å². The highest BCUT2D eigenvalue weighted by molar-refractivity contribution is 7.46. The van der Waals surface area contributed by atoms with Crippen molar-refractivity contribution in [1.29, 1.82) is 0 Å². The van der Waals surface area contributed by atoms with Crippen molar-refractivity contribution in [3.05, 3.63) is 22.7 Å². The van der Waals surface area contributed by atoms with Crippen LogP contribution in [0.25, 0.3) is 0 Å². The fourth-order valence-electron chi connectivity index (χ4n) is 2.20. The number of hydrogen-bond donors (Lipinski definition) is 6. The van der Waals surface area contributed by atoms with E-state index in [9.17, 15) is 24.7 Å². The number of hydrogen-bond acceptors (Lipinski definition) is 9. The van der Waals surface area contributed by atoms with Gasteiger partial charge in [0.05, 0.1) is 0 Å². The lowest BCUT2D eigenvalue weighted by atomic mass is 9.92. The van der Waals surface area contributed by atoms with E-state index in [1.807, 2.05) is 0 Å². The van der Waals surface area contributed by atoms with Crippen molar-refractivity contribution >= 4 is 13.6 Å². The second kappa shape index (κ2) is 6.25. The summed E-state index contributed by atoms with van der Waals surface area (Å²) in [6, 6.07) is 1.20. The van der Waals surface area contributed by atoms with Gasteiger partial charge in [0.2, 0.25) is 0 Å². The fraction of sp³-hybridized carbons (Fsp3) is 0.455. The normalized spacial score (nSPS) is 31.6. The second-order valence-electron chi connectivity index (χ2n) is 4.89. The Balaban J connectivity index is 2.40. The highest BCUT2D eigenvalue weighted by Crippen LogP contribution is 2.43. The molecule has 24 heavy (non-hydrogen) atoms. The number of aliphatic hydroxyl groups is 3. The van der Waals surface area contributed by atoms with Crippen LogP contribution in [0.2, 0.25) is 0 Å². The van der Waals surface area contributed by atoms with Crippen molar-refractivity contribution in [2.24, 2.45) is 0 Å². The third-order valence-electron chi connectivity index (χ3n) is 3.30. The number of ether oxygens (including phenoxy) is 1. The quantitative estimate of drug-likeness (QED) is 0.180. The molecule has 5 atom stereocenters. The van der Waals surface area contributed by atoms with E-state index in [4.69, 9.17) is 26.7 Å². The van der Waals surface area contributed by atoms with Crippen LogP contribution in [0.15, 0.2) is 17.1 Å². The summed E-state index contributed by atoms with van der Waals surface area (Å²) >= 11 is 0. The SMILES string of the molecule is C#C[C@@]1(O)[C@@H](C(O)OP(=O)(O)O)O[C@@H](n2ccc(N)nc2=O)[C@@H]1O. The molecule has 0 amide bonds. The molecule has 1 aromatic heterocycles. The van der Waals surface area contributed by atoms with Crippen molar-refractivity contribution in [1.82, 2.24) is 9.55 Å². The van der Waals surface area contributed by atoms with Gasteiger partial charge in [0.15, 0.2) is 24.2 Å². The molecule has 0 aliphatic carbocycles. The smallest absolute Gasteiger partial charge is 0.384 e. The molecule has 1 saturated heterocycles. The maximum atomic E-state index is 11.8. The molecule has 1 aliphatic heterocycles. The minimum atomic E-state index is -5.16. The summed E-state index contributed by atoms with van der Waals surface area (Å²) in [5.41, 5.74) is 1.76. The third-order valence-corrected chi connectivity index (χ3v) is 3.79. The van der Waals surface area contributed by atoms with Crippen LogP contribution in [0.1, 0.15) is 6.23 Å². The first kappa shape index (κ1) is 18.5. The molecule has 0 radical (unpaired) electrons. The first-order valence-electron chi connectivity index (χ1n) is 6.30. The number of anilines is 1. The van der Waals surface area contributed by atoms with Gasteiger partial charge in [-0.15, -0.1) is 6.42 Å². The predicted octanol–water partition coefficient (Wildman–Crippen LogP) is -3.12. The van der Waals surface area contributed by atoms with Gasteiger partial charge in [-0.05, 0) is 6.07 Å². The first-order chi connectivity index (χ1) is 11.0. The lowest BCUT2D eigenvalue weighted by Crippen LogP contribution is -2.51. The number of rotatable bonds is 4. The molecule has 1 aliphatic rings. The zero-order valence-corrected chi connectivity index (χ0v) is 12.7. The van der Waals surface area contributed by atoms with Gasteiger partial charge in [-0.3, -0.25) is 9.09 Å². The minimum Gasteiger partial charge on any atom is -0.384 e. The molecule has 132 valence electrons. The number of nitrogens with two attached hydrogens (primary N) is 1. The number of aliphatic hydroxyl groups excluding tert-OH is 2. The summed E-state index contributed by atoms with van der Waals surface area (Å²) in [7, 11) is -5.16. The van der Waals surface area contributed by atoms with Crippen LogP contribution in [-0.2, 0) is 13.8 Å². The van der Waals surface area contributed by atoms with E-state index in [0.29, 0.717) is 0 Å². The lowest BCUT2D eigenvalue weighted by molar-refractivity contribution is -0.173. The Hall–Kier alpha value is -1.81. The van der Waals surface area contributed by atoms with Gasteiger partial charge in [0.1, 0.15) is 11.9 Å². The average Bonchev–Trinajstić information content (AvgIpc) is 2.71. The van der Waals surface area contributed by atoms with E-state index < -0.39 is 43.8 Å². The van der Waals surface area contributed by atoms with Gasteiger partial charge in [0, 0.05) is 6.20 Å². The second-order valence-corrected chi connectivity index (χ2v) is 6.08. The molecule has 2 heterocycles. The van der Waals surface area contributed by atoms with Gasteiger partial charge in [-0.1, -0.05) is 5.92 Å².